The molecule has 0 saturated carbocycles. The summed E-state index contributed by atoms with van der Waals surface area (Å²) in [5.74, 6) is 0. The van der Waals surface area contributed by atoms with Gasteiger partial charge in [-0.15, -0.1) is 0 Å². The molecule has 2 aromatic rings. The Bertz CT molecular complexity index is 646. The van der Waals surface area contributed by atoms with Crippen LogP contribution >= 0.6 is 0 Å². The number of rotatable bonds is 1. The highest BCUT2D eigenvalue weighted by Crippen LogP contribution is 2.32. The van der Waals surface area contributed by atoms with Crippen molar-refractivity contribution in [3.05, 3.63) is 35.7 Å². The molecule has 0 amide bonds. The molecular formula is C13H13F3N4. The first-order chi connectivity index (χ1) is 9.47. The van der Waals surface area contributed by atoms with E-state index in [9.17, 15) is 13.2 Å². The average Bonchev–Trinajstić information content (AvgIpc) is 2.82. The topological polar surface area (TPSA) is 56.7 Å². The Morgan fingerprint density at radius 1 is 1.15 bits per heavy atom. The predicted molar refractivity (Wildman–Crippen MR) is 67.4 cm³/mol. The van der Waals surface area contributed by atoms with Crippen molar-refractivity contribution in [2.45, 2.75) is 31.9 Å². The summed E-state index contributed by atoms with van der Waals surface area (Å²) >= 11 is 0. The highest BCUT2D eigenvalue weighted by Gasteiger charge is 2.33. The Balaban J connectivity index is 2.12. The molecule has 2 aromatic heterocycles. The van der Waals surface area contributed by atoms with Gasteiger partial charge in [0.25, 0.3) is 0 Å². The van der Waals surface area contributed by atoms with Crippen LogP contribution in [0.2, 0.25) is 0 Å². The lowest BCUT2D eigenvalue weighted by Crippen LogP contribution is -2.12. The van der Waals surface area contributed by atoms with Crippen LogP contribution in [0.15, 0.2) is 18.6 Å². The third-order valence-corrected chi connectivity index (χ3v) is 3.49. The fourth-order valence-corrected chi connectivity index (χ4v) is 2.50. The van der Waals surface area contributed by atoms with Crippen LogP contribution in [-0.4, -0.2) is 14.5 Å². The minimum atomic E-state index is -4.48. The van der Waals surface area contributed by atoms with Crippen LogP contribution in [0.4, 0.5) is 18.9 Å². The van der Waals surface area contributed by atoms with Gasteiger partial charge in [0.1, 0.15) is 5.69 Å². The Kier molecular flexibility index (Phi) is 2.92. The number of nitrogens with zero attached hydrogens (tertiary/aromatic N) is 3. The smallest absolute Gasteiger partial charge is 0.396 e. The third kappa shape index (κ3) is 2.13. The number of hydrogen-bond acceptors (Lipinski definition) is 3. The van der Waals surface area contributed by atoms with E-state index >= 15 is 0 Å². The summed E-state index contributed by atoms with van der Waals surface area (Å²) < 4.78 is 39.9. The monoisotopic (exact) mass is 282 g/mol. The second kappa shape index (κ2) is 4.50. The predicted octanol–water partition coefficient (Wildman–Crippen LogP) is 2.75. The van der Waals surface area contributed by atoms with E-state index in [1.54, 1.807) is 10.9 Å². The summed E-state index contributed by atoms with van der Waals surface area (Å²) in [6, 6.07) is 0.978. The van der Waals surface area contributed by atoms with Crippen LogP contribution in [-0.2, 0) is 19.0 Å². The molecule has 2 N–H and O–H groups in total. The quantitative estimate of drug-likeness (QED) is 0.875. The number of pyridine rings is 1. The largest absolute Gasteiger partial charge is 0.433 e. The molecule has 0 radical (unpaired) electrons. The first-order valence-corrected chi connectivity index (χ1v) is 6.35. The standard InChI is InChI=1S/C13H13F3N4/c14-13(15,16)12-5-11(8(17)6-18-12)20-7-19-9-3-1-2-4-10(9)20/h5-7H,1-4,17H2. The molecule has 0 aromatic carbocycles. The van der Waals surface area contributed by atoms with Crippen molar-refractivity contribution >= 4 is 5.69 Å². The summed E-state index contributed by atoms with van der Waals surface area (Å²) in [5.41, 5.74) is 7.23. The van der Waals surface area contributed by atoms with Crippen molar-refractivity contribution in [1.29, 1.82) is 0 Å². The number of halogens is 3. The van der Waals surface area contributed by atoms with Gasteiger partial charge in [-0.1, -0.05) is 0 Å². The minimum Gasteiger partial charge on any atom is -0.396 e. The maximum absolute atomic E-state index is 12.8. The zero-order valence-electron chi connectivity index (χ0n) is 10.6. The van der Waals surface area contributed by atoms with Gasteiger partial charge in [0.2, 0.25) is 0 Å². The summed E-state index contributed by atoms with van der Waals surface area (Å²) in [4.78, 5) is 7.62. The van der Waals surface area contributed by atoms with Crippen LogP contribution in [0.25, 0.3) is 5.69 Å². The van der Waals surface area contributed by atoms with E-state index in [1.165, 1.54) is 0 Å². The van der Waals surface area contributed by atoms with Gasteiger partial charge in [-0.05, 0) is 31.7 Å². The van der Waals surface area contributed by atoms with Crippen LogP contribution < -0.4 is 5.73 Å². The summed E-state index contributed by atoms with van der Waals surface area (Å²) in [6.45, 7) is 0. The lowest BCUT2D eigenvalue weighted by atomic mass is 10.0. The van der Waals surface area contributed by atoms with Gasteiger partial charge < -0.3 is 10.3 Å². The Labute approximate surface area is 113 Å². The van der Waals surface area contributed by atoms with E-state index < -0.39 is 11.9 Å². The molecule has 0 bridgehead atoms. The second-order valence-electron chi connectivity index (χ2n) is 4.84. The van der Waals surface area contributed by atoms with Crippen molar-refractivity contribution in [3.8, 4) is 5.69 Å². The number of hydrogen-bond donors (Lipinski definition) is 1. The van der Waals surface area contributed by atoms with E-state index in [4.69, 9.17) is 5.73 Å². The van der Waals surface area contributed by atoms with Gasteiger partial charge >= 0.3 is 6.18 Å². The molecule has 4 nitrogen and oxygen atoms in total. The zero-order chi connectivity index (χ0) is 14.3. The summed E-state index contributed by atoms with van der Waals surface area (Å²) in [5, 5.41) is 0. The highest BCUT2D eigenvalue weighted by molar-refractivity contribution is 5.58. The molecule has 0 unspecified atom stereocenters. The lowest BCUT2D eigenvalue weighted by molar-refractivity contribution is -0.141. The van der Waals surface area contributed by atoms with Crippen molar-refractivity contribution in [1.82, 2.24) is 14.5 Å². The normalized spacial score (nSPS) is 15.2. The molecule has 0 spiro atoms. The maximum Gasteiger partial charge on any atom is 0.433 e. The van der Waals surface area contributed by atoms with E-state index in [-0.39, 0.29) is 5.69 Å². The number of fused-ring (bicyclic) bond motifs is 1. The fraction of sp³-hybridized carbons (Fsp3) is 0.385. The Morgan fingerprint density at radius 3 is 2.65 bits per heavy atom. The number of aryl methyl sites for hydroxylation is 1. The molecule has 1 aliphatic carbocycles. The highest BCUT2D eigenvalue weighted by atomic mass is 19.4. The average molecular weight is 282 g/mol. The molecule has 1 aliphatic rings. The molecule has 0 atom stereocenters. The molecule has 0 saturated heterocycles. The fourth-order valence-electron chi connectivity index (χ4n) is 2.50. The van der Waals surface area contributed by atoms with Crippen molar-refractivity contribution in [2.24, 2.45) is 0 Å². The number of nitrogens with two attached hydrogens (primary N) is 1. The number of aromatic nitrogens is 3. The van der Waals surface area contributed by atoms with Gasteiger partial charge in [0.05, 0.1) is 29.6 Å². The molecule has 106 valence electrons. The van der Waals surface area contributed by atoms with Crippen molar-refractivity contribution < 1.29 is 13.2 Å². The molecule has 3 rings (SSSR count). The van der Waals surface area contributed by atoms with Crippen molar-refractivity contribution in [2.75, 3.05) is 5.73 Å². The Morgan fingerprint density at radius 2 is 1.90 bits per heavy atom. The van der Waals surface area contributed by atoms with Crippen LogP contribution in [0.5, 0.6) is 0 Å². The zero-order valence-corrected chi connectivity index (χ0v) is 10.6. The van der Waals surface area contributed by atoms with Crippen LogP contribution in [0.3, 0.4) is 0 Å². The van der Waals surface area contributed by atoms with Gasteiger partial charge in [-0.3, -0.25) is 0 Å². The molecule has 0 fully saturated rings. The SMILES string of the molecule is Nc1cnc(C(F)(F)F)cc1-n1cnc2c1CCCC2. The number of imidazole rings is 1. The van der Waals surface area contributed by atoms with Crippen LogP contribution in [0, 0.1) is 0 Å². The van der Waals surface area contributed by atoms with E-state index in [0.717, 1.165) is 49.3 Å². The van der Waals surface area contributed by atoms with E-state index in [1.807, 2.05) is 0 Å². The first-order valence-electron chi connectivity index (χ1n) is 6.35. The molecule has 0 aliphatic heterocycles. The van der Waals surface area contributed by atoms with Gasteiger partial charge in [0, 0.05) is 5.69 Å². The molecular weight excluding hydrogens is 269 g/mol. The van der Waals surface area contributed by atoms with E-state index in [2.05, 4.69) is 9.97 Å². The Hall–Kier alpha value is -2.05. The van der Waals surface area contributed by atoms with E-state index in [0.29, 0.717) is 5.69 Å². The summed E-state index contributed by atoms with van der Waals surface area (Å²) in [7, 11) is 0. The second-order valence-corrected chi connectivity index (χ2v) is 4.84. The first kappa shape index (κ1) is 13.0. The van der Waals surface area contributed by atoms with Gasteiger partial charge in [-0.2, -0.15) is 13.2 Å². The van der Waals surface area contributed by atoms with Gasteiger partial charge in [-0.25, -0.2) is 9.97 Å². The molecule has 7 heteroatoms. The molecule has 20 heavy (non-hydrogen) atoms. The van der Waals surface area contributed by atoms with Crippen LogP contribution in [0.1, 0.15) is 29.9 Å². The number of nitrogen functional groups attached to an aromatic ring is 1. The lowest BCUT2D eigenvalue weighted by Gasteiger charge is -2.16. The number of alkyl halides is 3. The minimum absolute atomic E-state index is 0.212. The third-order valence-electron chi connectivity index (χ3n) is 3.49. The number of anilines is 1. The molecule has 2 heterocycles. The van der Waals surface area contributed by atoms with Crippen molar-refractivity contribution in [3.63, 3.8) is 0 Å². The van der Waals surface area contributed by atoms with Gasteiger partial charge in [0.15, 0.2) is 0 Å². The maximum atomic E-state index is 12.8. The summed E-state index contributed by atoms with van der Waals surface area (Å²) in [6.07, 6.45) is 1.84.